The molecule has 0 bridgehead atoms. The van der Waals surface area contributed by atoms with Gasteiger partial charge in [0, 0.05) is 24.4 Å². The van der Waals surface area contributed by atoms with E-state index >= 15 is 0 Å². The van der Waals surface area contributed by atoms with Crippen LogP contribution in [0.2, 0.25) is 5.02 Å². The zero-order chi connectivity index (χ0) is 14.3. The van der Waals surface area contributed by atoms with E-state index in [4.69, 9.17) is 11.6 Å². The number of aryl methyl sites for hydroxylation is 1. The summed E-state index contributed by atoms with van der Waals surface area (Å²) in [5, 5.41) is 13.7. The fourth-order valence-corrected chi connectivity index (χ4v) is 2.12. The lowest BCUT2D eigenvalue weighted by atomic mass is 10.2. The third-order valence-corrected chi connectivity index (χ3v) is 3.15. The predicted molar refractivity (Wildman–Crippen MR) is 72.8 cm³/mol. The molecule has 3 heterocycles. The number of aromatic nitrogens is 5. The standard InChI is InChI=1S/C12H10ClN5O2/c1-2-17-10(7-3-4-14-9(19)5-7)16-18-11(20)8(13)6-15-12(17)18/h3-6H,2H2,1H3,(H,14,19). The van der Waals surface area contributed by atoms with Crippen LogP contribution in [-0.4, -0.2) is 29.3 Å². The van der Waals surface area contributed by atoms with Crippen molar-refractivity contribution >= 4 is 17.4 Å². The Morgan fingerprint density at radius 3 is 2.90 bits per heavy atom. The number of hydrogen-bond acceptors (Lipinski definition) is 5. The van der Waals surface area contributed by atoms with Gasteiger partial charge < -0.3 is 5.11 Å². The van der Waals surface area contributed by atoms with Gasteiger partial charge in [0.25, 0.3) is 5.56 Å². The normalized spacial score (nSPS) is 11.1. The van der Waals surface area contributed by atoms with Crippen LogP contribution in [-0.2, 0) is 6.54 Å². The van der Waals surface area contributed by atoms with Gasteiger partial charge in [-0.05, 0) is 13.0 Å². The number of pyridine rings is 1. The van der Waals surface area contributed by atoms with Gasteiger partial charge >= 0.3 is 0 Å². The molecule has 1 N–H and O–H groups in total. The van der Waals surface area contributed by atoms with Crippen molar-refractivity contribution < 1.29 is 5.11 Å². The molecule has 0 spiro atoms. The molecule has 8 heteroatoms. The summed E-state index contributed by atoms with van der Waals surface area (Å²) < 4.78 is 2.91. The number of hydrogen-bond donors (Lipinski definition) is 1. The van der Waals surface area contributed by atoms with Gasteiger partial charge in [-0.3, -0.25) is 9.36 Å². The van der Waals surface area contributed by atoms with Crippen LogP contribution in [0.1, 0.15) is 6.92 Å². The molecule has 0 aromatic carbocycles. The monoisotopic (exact) mass is 291 g/mol. The van der Waals surface area contributed by atoms with Gasteiger partial charge in [-0.1, -0.05) is 11.6 Å². The summed E-state index contributed by atoms with van der Waals surface area (Å²) in [6.45, 7) is 2.48. The van der Waals surface area contributed by atoms with Gasteiger partial charge in [-0.2, -0.15) is 4.52 Å². The molecule has 7 nitrogen and oxygen atoms in total. The highest BCUT2D eigenvalue weighted by atomic mass is 35.5. The number of halogens is 1. The Labute approximate surface area is 118 Å². The summed E-state index contributed by atoms with van der Waals surface area (Å²) >= 11 is 5.77. The Balaban J connectivity index is 2.36. The summed E-state index contributed by atoms with van der Waals surface area (Å²) in [4.78, 5) is 19.8. The highest BCUT2D eigenvalue weighted by Gasteiger charge is 2.15. The summed E-state index contributed by atoms with van der Waals surface area (Å²) in [6, 6.07) is 3.17. The second-order valence-electron chi connectivity index (χ2n) is 4.09. The third-order valence-electron chi connectivity index (χ3n) is 2.89. The molecule has 0 saturated heterocycles. The first-order chi connectivity index (χ1) is 9.61. The van der Waals surface area contributed by atoms with Crippen molar-refractivity contribution in [2.75, 3.05) is 0 Å². The van der Waals surface area contributed by atoms with Crippen LogP contribution < -0.4 is 5.56 Å². The van der Waals surface area contributed by atoms with Gasteiger partial charge in [0.05, 0.1) is 6.20 Å². The van der Waals surface area contributed by atoms with Crippen molar-refractivity contribution in [2.24, 2.45) is 0 Å². The van der Waals surface area contributed by atoms with Gasteiger partial charge in [-0.25, -0.2) is 9.97 Å². The zero-order valence-corrected chi connectivity index (χ0v) is 11.2. The lowest BCUT2D eigenvalue weighted by molar-refractivity contribution is 0.453. The van der Waals surface area contributed by atoms with Gasteiger partial charge in [-0.15, -0.1) is 5.10 Å². The van der Waals surface area contributed by atoms with Crippen LogP contribution in [0.3, 0.4) is 0 Å². The topological polar surface area (TPSA) is 85.3 Å². The quantitative estimate of drug-likeness (QED) is 0.770. The first-order valence-electron chi connectivity index (χ1n) is 5.91. The Hall–Kier alpha value is -2.41. The maximum atomic E-state index is 12.0. The van der Waals surface area contributed by atoms with E-state index in [1.807, 2.05) is 6.92 Å². The maximum Gasteiger partial charge on any atom is 0.294 e. The van der Waals surface area contributed by atoms with Crippen LogP contribution in [0.4, 0.5) is 0 Å². The minimum absolute atomic E-state index is 0.00683. The predicted octanol–water partition coefficient (Wildman–Crippen LogP) is 1.33. The van der Waals surface area contributed by atoms with Crippen molar-refractivity contribution in [3.63, 3.8) is 0 Å². The second-order valence-corrected chi connectivity index (χ2v) is 4.50. The summed E-state index contributed by atoms with van der Waals surface area (Å²) in [6.07, 6.45) is 2.77. The minimum atomic E-state index is -0.427. The second kappa shape index (κ2) is 4.61. The van der Waals surface area contributed by atoms with Crippen LogP contribution >= 0.6 is 11.6 Å². The first kappa shape index (κ1) is 12.6. The number of fused-ring (bicyclic) bond motifs is 1. The molecule has 3 rings (SSSR count). The average Bonchev–Trinajstić information content (AvgIpc) is 2.82. The fourth-order valence-electron chi connectivity index (χ4n) is 2.00. The lowest BCUT2D eigenvalue weighted by Gasteiger charge is -2.03. The lowest BCUT2D eigenvalue weighted by Crippen LogP contribution is -2.15. The molecule has 0 fully saturated rings. The molecule has 102 valence electrons. The Kier molecular flexibility index (Phi) is 2.90. The molecule has 0 atom stereocenters. The van der Waals surface area contributed by atoms with Crippen LogP contribution in [0.25, 0.3) is 17.2 Å². The number of nitrogens with zero attached hydrogens (tertiary/aromatic N) is 5. The minimum Gasteiger partial charge on any atom is -0.493 e. The van der Waals surface area contributed by atoms with Gasteiger partial charge in [0.1, 0.15) is 5.02 Å². The molecule has 0 aliphatic heterocycles. The maximum absolute atomic E-state index is 12.0. The van der Waals surface area contributed by atoms with E-state index in [0.29, 0.717) is 23.7 Å². The average molecular weight is 292 g/mol. The van der Waals surface area contributed by atoms with E-state index < -0.39 is 5.56 Å². The molecular weight excluding hydrogens is 282 g/mol. The largest absolute Gasteiger partial charge is 0.493 e. The van der Waals surface area contributed by atoms with Crippen molar-refractivity contribution in [2.45, 2.75) is 13.5 Å². The SMILES string of the molecule is CCn1c(-c2ccnc(O)c2)nn2c(=O)c(Cl)cnc12. The van der Waals surface area contributed by atoms with E-state index in [1.165, 1.54) is 18.5 Å². The Morgan fingerprint density at radius 1 is 1.40 bits per heavy atom. The molecular formula is C12H10ClN5O2. The molecule has 3 aromatic rings. The molecule has 0 unspecified atom stereocenters. The number of rotatable bonds is 2. The molecule has 0 aliphatic rings. The van der Waals surface area contributed by atoms with E-state index in [9.17, 15) is 9.90 Å². The van der Waals surface area contributed by atoms with Crippen molar-refractivity contribution in [1.29, 1.82) is 0 Å². The Morgan fingerprint density at radius 2 is 2.20 bits per heavy atom. The zero-order valence-electron chi connectivity index (χ0n) is 10.5. The van der Waals surface area contributed by atoms with E-state index in [2.05, 4.69) is 15.1 Å². The van der Waals surface area contributed by atoms with Gasteiger partial charge in [0.15, 0.2) is 5.82 Å². The van der Waals surface area contributed by atoms with Crippen LogP contribution in [0.5, 0.6) is 5.88 Å². The molecule has 3 aromatic heterocycles. The number of aromatic hydroxyl groups is 1. The smallest absolute Gasteiger partial charge is 0.294 e. The molecule has 0 amide bonds. The van der Waals surface area contributed by atoms with E-state index in [-0.39, 0.29) is 10.9 Å². The van der Waals surface area contributed by atoms with Crippen molar-refractivity contribution in [3.05, 3.63) is 39.9 Å². The van der Waals surface area contributed by atoms with Crippen molar-refractivity contribution in [1.82, 2.24) is 24.1 Å². The fraction of sp³-hybridized carbons (Fsp3) is 0.167. The van der Waals surface area contributed by atoms with Crippen molar-refractivity contribution in [3.8, 4) is 17.3 Å². The summed E-state index contributed by atoms with van der Waals surface area (Å²) in [5.41, 5.74) is 0.212. The van der Waals surface area contributed by atoms with E-state index in [1.54, 1.807) is 10.6 Å². The molecule has 0 saturated carbocycles. The molecule has 20 heavy (non-hydrogen) atoms. The summed E-state index contributed by atoms with van der Waals surface area (Å²) in [5.74, 6) is 0.792. The van der Waals surface area contributed by atoms with Crippen LogP contribution in [0, 0.1) is 0 Å². The highest BCUT2D eigenvalue weighted by Crippen LogP contribution is 2.21. The first-order valence-corrected chi connectivity index (χ1v) is 6.29. The summed E-state index contributed by atoms with van der Waals surface area (Å²) in [7, 11) is 0. The third kappa shape index (κ3) is 1.83. The van der Waals surface area contributed by atoms with E-state index in [0.717, 1.165) is 4.52 Å². The van der Waals surface area contributed by atoms with Gasteiger partial charge in [0.2, 0.25) is 11.7 Å². The Bertz CT molecular complexity index is 855. The molecule has 0 aliphatic carbocycles. The molecule has 0 radical (unpaired) electrons. The highest BCUT2D eigenvalue weighted by molar-refractivity contribution is 6.30. The van der Waals surface area contributed by atoms with Crippen LogP contribution in [0.15, 0.2) is 29.3 Å².